The van der Waals surface area contributed by atoms with Gasteiger partial charge in [-0.3, -0.25) is 4.98 Å². The largest absolute Gasteiger partial charge is 0.387 e. The molecule has 0 saturated heterocycles. The summed E-state index contributed by atoms with van der Waals surface area (Å²) in [5, 5.41) is 11.0. The van der Waals surface area contributed by atoms with E-state index in [-0.39, 0.29) is 0 Å². The second kappa shape index (κ2) is 4.78. The summed E-state index contributed by atoms with van der Waals surface area (Å²) in [4.78, 5) is 4.26. The molecule has 2 aromatic rings. The highest BCUT2D eigenvalue weighted by Gasteiger charge is 2.09. The molecule has 0 fully saturated rings. The van der Waals surface area contributed by atoms with Gasteiger partial charge in [-0.05, 0) is 24.6 Å². The summed E-state index contributed by atoms with van der Waals surface area (Å²) in [5.41, 5.74) is 1.80. The molecule has 0 radical (unpaired) electrons. The van der Waals surface area contributed by atoms with Gasteiger partial charge in [-0.25, -0.2) is 0 Å². The highest BCUT2D eigenvalue weighted by molar-refractivity contribution is 5.82. The third-order valence-electron chi connectivity index (χ3n) is 2.51. The fraction of sp³-hybridized carbons (Fsp3) is 0.214. The molecule has 1 N–H and O–H groups in total. The number of hydrogen-bond donors (Lipinski definition) is 1. The predicted octanol–water partition coefficient (Wildman–Crippen LogP) is 2.68. The van der Waals surface area contributed by atoms with Crippen LogP contribution in [0.3, 0.4) is 0 Å². The van der Waals surface area contributed by atoms with Crippen LogP contribution < -0.4 is 0 Å². The van der Waals surface area contributed by atoms with E-state index in [4.69, 9.17) is 0 Å². The lowest BCUT2D eigenvalue weighted by atomic mass is 10.0. The van der Waals surface area contributed by atoms with Gasteiger partial charge in [0.1, 0.15) is 0 Å². The molecule has 0 bridgehead atoms. The van der Waals surface area contributed by atoms with Gasteiger partial charge in [-0.1, -0.05) is 18.2 Å². The Labute approximate surface area is 95.0 Å². The molecule has 0 aliphatic rings. The SMILES string of the molecule is CC#CCC(O)c1cccc2ncccc12. The van der Waals surface area contributed by atoms with Gasteiger partial charge in [-0.2, -0.15) is 0 Å². The van der Waals surface area contributed by atoms with E-state index in [0.29, 0.717) is 6.42 Å². The normalized spacial score (nSPS) is 11.9. The minimum Gasteiger partial charge on any atom is -0.387 e. The number of rotatable bonds is 2. The van der Waals surface area contributed by atoms with E-state index in [0.717, 1.165) is 16.5 Å². The van der Waals surface area contributed by atoms with Crippen molar-refractivity contribution in [1.82, 2.24) is 4.98 Å². The molecule has 0 spiro atoms. The Bertz CT molecular complexity index is 546. The van der Waals surface area contributed by atoms with Crippen molar-refractivity contribution < 1.29 is 5.11 Å². The quantitative estimate of drug-likeness (QED) is 0.775. The standard InChI is InChI=1S/C14H13NO/c1-2-3-9-14(16)12-6-4-8-13-11(12)7-5-10-15-13/h4-8,10,14,16H,9H2,1H3. The molecule has 0 saturated carbocycles. The van der Waals surface area contributed by atoms with Crippen molar-refractivity contribution in [2.24, 2.45) is 0 Å². The maximum atomic E-state index is 10.0. The average molecular weight is 211 g/mol. The first-order valence-corrected chi connectivity index (χ1v) is 5.24. The molecule has 1 unspecified atom stereocenters. The summed E-state index contributed by atoms with van der Waals surface area (Å²) >= 11 is 0. The second-order valence-corrected chi connectivity index (χ2v) is 3.56. The smallest absolute Gasteiger partial charge is 0.0905 e. The minimum absolute atomic E-state index is 0.463. The van der Waals surface area contributed by atoms with Crippen molar-refractivity contribution in [2.45, 2.75) is 19.4 Å². The molecule has 1 atom stereocenters. The monoisotopic (exact) mass is 211 g/mol. The van der Waals surface area contributed by atoms with E-state index in [1.165, 1.54) is 0 Å². The molecule has 2 heteroatoms. The van der Waals surface area contributed by atoms with Gasteiger partial charge in [0.2, 0.25) is 0 Å². The van der Waals surface area contributed by atoms with Crippen molar-refractivity contribution in [3.8, 4) is 11.8 Å². The predicted molar refractivity (Wildman–Crippen MR) is 64.8 cm³/mol. The van der Waals surface area contributed by atoms with E-state index in [1.54, 1.807) is 13.1 Å². The highest BCUT2D eigenvalue weighted by Crippen LogP contribution is 2.24. The summed E-state index contributed by atoms with van der Waals surface area (Å²) in [6, 6.07) is 9.63. The molecule has 2 rings (SSSR count). The van der Waals surface area contributed by atoms with E-state index >= 15 is 0 Å². The fourth-order valence-corrected chi connectivity index (χ4v) is 1.73. The Morgan fingerprint density at radius 2 is 2.19 bits per heavy atom. The highest BCUT2D eigenvalue weighted by atomic mass is 16.3. The second-order valence-electron chi connectivity index (χ2n) is 3.56. The lowest BCUT2D eigenvalue weighted by molar-refractivity contribution is 0.185. The van der Waals surface area contributed by atoms with E-state index in [2.05, 4.69) is 16.8 Å². The van der Waals surface area contributed by atoms with Gasteiger partial charge in [0, 0.05) is 18.0 Å². The molecular formula is C14H13NO. The molecule has 16 heavy (non-hydrogen) atoms. The topological polar surface area (TPSA) is 33.1 Å². The number of fused-ring (bicyclic) bond motifs is 1. The maximum Gasteiger partial charge on any atom is 0.0905 e. The van der Waals surface area contributed by atoms with Crippen LogP contribution in [0.2, 0.25) is 0 Å². The van der Waals surface area contributed by atoms with Crippen molar-refractivity contribution in [3.05, 3.63) is 42.1 Å². The first kappa shape index (κ1) is 10.7. The number of benzene rings is 1. The summed E-state index contributed by atoms with van der Waals surface area (Å²) in [5.74, 6) is 5.68. The zero-order chi connectivity index (χ0) is 11.4. The molecule has 0 aliphatic carbocycles. The molecular weight excluding hydrogens is 198 g/mol. The molecule has 1 heterocycles. The van der Waals surface area contributed by atoms with E-state index in [9.17, 15) is 5.11 Å². The first-order chi connectivity index (χ1) is 7.83. The lowest BCUT2D eigenvalue weighted by Gasteiger charge is -2.10. The molecule has 0 aliphatic heterocycles. The van der Waals surface area contributed by atoms with Gasteiger partial charge in [0.05, 0.1) is 11.6 Å². The maximum absolute atomic E-state index is 10.0. The number of aromatic nitrogens is 1. The number of pyridine rings is 1. The van der Waals surface area contributed by atoms with Crippen LogP contribution in [-0.4, -0.2) is 10.1 Å². The Morgan fingerprint density at radius 3 is 3.00 bits per heavy atom. The number of hydrogen-bond acceptors (Lipinski definition) is 2. The Morgan fingerprint density at radius 1 is 1.31 bits per heavy atom. The van der Waals surface area contributed by atoms with Crippen LogP contribution in [0.1, 0.15) is 25.0 Å². The van der Waals surface area contributed by atoms with E-state index in [1.807, 2.05) is 30.3 Å². The van der Waals surface area contributed by atoms with Crippen LogP contribution >= 0.6 is 0 Å². The molecule has 2 nitrogen and oxygen atoms in total. The summed E-state index contributed by atoms with van der Waals surface area (Å²) in [6.07, 6.45) is 1.68. The van der Waals surface area contributed by atoms with Crippen LogP contribution in [-0.2, 0) is 0 Å². The van der Waals surface area contributed by atoms with Crippen molar-refractivity contribution in [2.75, 3.05) is 0 Å². The summed E-state index contributed by atoms with van der Waals surface area (Å²) in [6.45, 7) is 1.78. The van der Waals surface area contributed by atoms with Gasteiger partial charge in [0.25, 0.3) is 0 Å². The Hall–Kier alpha value is -1.85. The summed E-state index contributed by atoms with van der Waals surface area (Å²) < 4.78 is 0. The first-order valence-electron chi connectivity index (χ1n) is 5.24. The Kier molecular flexibility index (Phi) is 3.19. The molecule has 1 aromatic carbocycles. The Balaban J connectivity index is 2.46. The van der Waals surface area contributed by atoms with E-state index < -0.39 is 6.10 Å². The number of aliphatic hydroxyl groups excluding tert-OH is 1. The zero-order valence-corrected chi connectivity index (χ0v) is 9.14. The minimum atomic E-state index is -0.541. The van der Waals surface area contributed by atoms with Crippen LogP contribution in [0.5, 0.6) is 0 Å². The third-order valence-corrected chi connectivity index (χ3v) is 2.51. The summed E-state index contributed by atoms with van der Waals surface area (Å²) in [7, 11) is 0. The molecule has 0 amide bonds. The van der Waals surface area contributed by atoms with Crippen LogP contribution in [0.15, 0.2) is 36.5 Å². The van der Waals surface area contributed by atoms with Gasteiger partial charge < -0.3 is 5.11 Å². The van der Waals surface area contributed by atoms with Crippen LogP contribution in [0.4, 0.5) is 0 Å². The van der Waals surface area contributed by atoms with Gasteiger partial charge >= 0.3 is 0 Å². The van der Waals surface area contributed by atoms with Crippen molar-refractivity contribution in [1.29, 1.82) is 0 Å². The van der Waals surface area contributed by atoms with Gasteiger partial charge in [-0.15, -0.1) is 11.8 Å². The average Bonchev–Trinajstić information content (AvgIpc) is 2.35. The van der Waals surface area contributed by atoms with Gasteiger partial charge in [0.15, 0.2) is 0 Å². The third kappa shape index (κ3) is 2.05. The molecule has 80 valence electrons. The number of nitrogens with zero attached hydrogens (tertiary/aromatic N) is 1. The lowest BCUT2D eigenvalue weighted by Crippen LogP contribution is -1.97. The van der Waals surface area contributed by atoms with Crippen molar-refractivity contribution >= 4 is 10.9 Å². The van der Waals surface area contributed by atoms with Crippen molar-refractivity contribution in [3.63, 3.8) is 0 Å². The van der Waals surface area contributed by atoms with Crippen LogP contribution in [0, 0.1) is 11.8 Å². The van der Waals surface area contributed by atoms with Crippen LogP contribution in [0.25, 0.3) is 10.9 Å². The zero-order valence-electron chi connectivity index (χ0n) is 9.14. The fourth-order valence-electron chi connectivity index (χ4n) is 1.73. The molecule has 1 aromatic heterocycles. The number of aliphatic hydroxyl groups is 1.